The van der Waals surface area contributed by atoms with E-state index in [1.165, 1.54) is 25.4 Å². The number of aliphatic hydroxyl groups excluding tert-OH is 2. The molecule has 0 radical (unpaired) electrons. The molecule has 0 saturated heterocycles. The van der Waals surface area contributed by atoms with E-state index in [9.17, 15) is 9.90 Å². The molecule has 166 valence electrons. The van der Waals surface area contributed by atoms with Crippen molar-refractivity contribution in [3.05, 3.63) is 34.8 Å². The van der Waals surface area contributed by atoms with Crippen molar-refractivity contribution in [2.24, 2.45) is 17.8 Å². The van der Waals surface area contributed by atoms with Gasteiger partial charge in [-0.2, -0.15) is 0 Å². The standard InChI is InChI=1S/C24H40O5/c1-16(10-8-12-18(3)15-25)9-7-11-17(2)13-14-20-19(4)21(26)23(28-5)24(29-6)22(20)27/h9,13,18-20,22,25,27H,7-8,10-12,14-15H2,1-6H3/b16-9+,17-13+/t18?,19-,20-,22-/m1/s1. The van der Waals surface area contributed by atoms with E-state index in [1.54, 1.807) is 0 Å². The fourth-order valence-electron chi connectivity index (χ4n) is 3.78. The fourth-order valence-corrected chi connectivity index (χ4v) is 3.78. The molecule has 4 atom stereocenters. The summed E-state index contributed by atoms with van der Waals surface area (Å²) in [6.07, 6.45) is 9.42. The van der Waals surface area contributed by atoms with Gasteiger partial charge in [-0.3, -0.25) is 4.79 Å². The van der Waals surface area contributed by atoms with Crippen LogP contribution in [0.25, 0.3) is 0 Å². The van der Waals surface area contributed by atoms with Gasteiger partial charge in [0.05, 0.1) is 14.2 Å². The van der Waals surface area contributed by atoms with E-state index in [0.29, 0.717) is 12.3 Å². The number of Topliss-reactive ketones (excluding diaryl/α,β-unsaturated/α-hetero) is 1. The third-order valence-electron chi connectivity index (χ3n) is 5.95. The molecule has 29 heavy (non-hydrogen) atoms. The zero-order valence-corrected chi connectivity index (χ0v) is 19.0. The summed E-state index contributed by atoms with van der Waals surface area (Å²) in [5, 5.41) is 19.7. The largest absolute Gasteiger partial charge is 0.494 e. The number of carbonyl (C=O) groups excluding carboxylic acids is 1. The molecule has 0 aliphatic heterocycles. The second-order valence-electron chi connectivity index (χ2n) is 8.42. The molecule has 1 aliphatic carbocycles. The van der Waals surface area contributed by atoms with Gasteiger partial charge in [0.15, 0.2) is 5.76 Å². The van der Waals surface area contributed by atoms with Crippen molar-refractivity contribution in [3.63, 3.8) is 0 Å². The number of allylic oxidation sites excluding steroid dienone is 5. The Morgan fingerprint density at radius 1 is 1.14 bits per heavy atom. The first-order valence-corrected chi connectivity index (χ1v) is 10.7. The summed E-state index contributed by atoms with van der Waals surface area (Å²) >= 11 is 0. The molecular weight excluding hydrogens is 368 g/mol. The topological polar surface area (TPSA) is 76.0 Å². The van der Waals surface area contributed by atoms with Crippen LogP contribution in [0.5, 0.6) is 0 Å². The summed E-state index contributed by atoms with van der Waals surface area (Å²) in [6, 6.07) is 0. The number of hydrogen-bond acceptors (Lipinski definition) is 5. The predicted molar refractivity (Wildman–Crippen MR) is 116 cm³/mol. The zero-order valence-electron chi connectivity index (χ0n) is 19.0. The third kappa shape index (κ3) is 7.63. The van der Waals surface area contributed by atoms with Crippen molar-refractivity contribution in [2.75, 3.05) is 20.8 Å². The van der Waals surface area contributed by atoms with Gasteiger partial charge in [0.2, 0.25) is 11.5 Å². The molecule has 0 aromatic carbocycles. The van der Waals surface area contributed by atoms with Crippen molar-refractivity contribution in [2.45, 2.75) is 72.3 Å². The van der Waals surface area contributed by atoms with Gasteiger partial charge in [-0.1, -0.05) is 37.1 Å². The van der Waals surface area contributed by atoms with E-state index < -0.39 is 6.10 Å². The lowest BCUT2D eigenvalue weighted by Crippen LogP contribution is -2.40. The molecule has 0 aromatic heterocycles. The molecule has 1 rings (SSSR count). The van der Waals surface area contributed by atoms with Gasteiger partial charge < -0.3 is 19.7 Å². The SMILES string of the molecule is COC1=C(OC)[C@H](O)[C@H](C/C=C(\C)CC/C=C(\C)CCCC(C)CO)[C@@H](C)C1=O. The second-order valence-corrected chi connectivity index (χ2v) is 8.42. The average Bonchev–Trinajstić information content (AvgIpc) is 2.70. The first kappa shape index (κ1) is 25.4. The van der Waals surface area contributed by atoms with Crippen molar-refractivity contribution >= 4 is 5.78 Å². The molecule has 0 saturated carbocycles. The van der Waals surface area contributed by atoms with Gasteiger partial charge in [-0.05, 0) is 58.3 Å². The van der Waals surface area contributed by atoms with Crippen LogP contribution in [-0.2, 0) is 14.3 Å². The lowest BCUT2D eigenvalue weighted by Gasteiger charge is -2.33. The van der Waals surface area contributed by atoms with E-state index in [2.05, 4.69) is 32.9 Å². The summed E-state index contributed by atoms with van der Waals surface area (Å²) in [7, 11) is 2.89. The molecule has 1 unspecified atom stereocenters. The molecule has 2 N–H and O–H groups in total. The monoisotopic (exact) mass is 408 g/mol. The lowest BCUT2D eigenvalue weighted by atomic mass is 9.77. The molecule has 5 heteroatoms. The fraction of sp³-hybridized carbons (Fsp3) is 0.708. The highest BCUT2D eigenvalue weighted by Crippen LogP contribution is 2.35. The second kappa shape index (κ2) is 12.9. The highest BCUT2D eigenvalue weighted by Gasteiger charge is 2.42. The highest BCUT2D eigenvalue weighted by atomic mass is 16.5. The Morgan fingerprint density at radius 2 is 1.79 bits per heavy atom. The average molecular weight is 409 g/mol. The van der Waals surface area contributed by atoms with Crippen molar-refractivity contribution < 1.29 is 24.5 Å². The van der Waals surface area contributed by atoms with Crippen LogP contribution >= 0.6 is 0 Å². The smallest absolute Gasteiger partial charge is 0.204 e. The number of rotatable bonds is 12. The molecule has 0 heterocycles. The normalized spacial score (nSPS) is 24.7. The van der Waals surface area contributed by atoms with E-state index in [4.69, 9.17) is 14.6 Å². The first-order valence-electron chi connectivity index (χ1n) is 10.7. The molecule has 1 aliphatic rings. The van der Waals surface area contributed by atoms with Gasteiger partial charge in [0.1, 0.15) is 6.10 Å². The van der Waals surface area contributed by atoms with E-state index in [-0.39, 0.29) is 35.7 Å². The third-order valence-corrected chi connectivity index (χ3v) is 5.95. The van der Waals surface area contributed by atoms with Gasteiger partial charge in [-0.15, -0.1) is 0 Å². The number of ether oxygens (including phenoxy) is 2. The van der Waals surface area contributed by atoms with Crippen LogP contribution in [0.3, 0.4) is 0 Å². The Balaban J connectivity index is 2.57. The maximum absolute atomic E-state index is 12.5. The molecular formula is C24H40O5. The molecule has 0 fully saturated rings. The van der Waals surface area contributed by atoms with Crippen molar-refractivity contribution in [1.82, 2.24) is 0 Å². The Kier molecular flexibility index (Phi) is 11.3. The summed E-state index contributed by atoms with van der Waals surface area (Å²) in [4.78, 5) is 12.5. The van der Waals surface area contributed by atoms with Gasteiger partial charge in [0, 0.05) is 18.4 Å². The van der Waals surface area contributed by atoms with Crippen LogP contribution in [0, 0.1) is 17.8 Å². The Bertz CT molecular complexity index is 617. The molecule has 0 aromatic rings. The van der Waals surface area contributed by atoms with Gasteiger partial charge in [0.25, 0.3) is 0 Å². The number of methoxy groups -OCH3 is 2. The number of aliphatic hydroxyl groups is 2. The van der Waals surface area contributed by atoms with Gasteiger partial charge >= 0.3 is 0 Å². The molecule has 0 amide bonds. The van der Waals surface area contributed by atoms with E-state index >= 15 is 0 Å². The Labute approximate surface area is 176 Å². The van der Waals surface area contributed by atoms with E-state index in [0.717, 1.165) is 32.1 Å². The van der Waals surface area contributed by atoms with Crippen LogP contribution < -0.4 is 0 Å². The quantitative estimate of drug-likeness (QED) is 0.463. The number of ketones is 1. The van der Waals surface area contributed by atoms with Crippen LogP contribution in [0.4, 0.5) is 0 Å². The minimum atomic E-state index is -0.838. The summed E-state index contributed by atoms with van der Waals surface area (Å²) < 4.78 is 10.4. The number of hydrogen-bond donors (Lipinski definition) is 2. The van der Waals surface area contributed by atoms with Gasteiger partial charge in [-0.25, -0.2) is 0 Å². The van der Waals surface area contributed by atoms with Crippen molar-refractivity contribution in [3.8, 4) is 0 Å². The minimum absolute atomic E-state index is 0.111. The van der Waals surface area contributed by atoms with Crippen molar-refractivity contribution in [1.29, 1.82) is 0 Å². The summed E-state index contributed by atoms with van der Waals surface area (Å²) in [5.74, 6) is 0.119. The summed E-state index contributed by atoms with van der Waals surface area (Å²) in [5.41, 5.74) is 2.65. The molecule has 0 bridgehead atoms. The van der Waals surface area contributed by atoms with Crippen LogP contribution in [-0.4, -0.2) is 42.9 Å². The van der Waals surface area contributed by atoms with E-state index in [1.807, 2.05) is 6.92 Å². The summed E-state index contributed by atoms with van der Waals surface area (Å²) in [6.45, 7) is 8.45. The minimum Gasteiger partial charge on any atom is -0.494 e. The molecule has 5 nitrogen and oxygen atoms in total. The van der Waals surface area contributed by atoms with Crippen LogP contribution in [0.15, 0.2) is 34.8 Å². The first-order chi connectivity index (χ1) is 13.8. The Morgan fingerprint density at radius 3 is 2.38 bits per heavy atom. The number of carbonyl (C=O) groups is 1. The Hall–Kier alpha value is -1.59. The zero-order chi connectivity index (χ0) is 22.0. The maximum Gasteiger partial charge on any atom is 0.204 e. The predicted octanol–water partition coefficient (Wildman–Crippen LogP) is 4.55. The molecule has 0 spiro atoms. The highest BCUT2D eigenvalue weighted by molar-refractivity contribution is 5.97. The maximum atomic E-state index is 12.5. The van der Waals surface area contributed by atoms with Crippen LogP contribution in [0.2, 0.25) is 0 Å². The van der Waals surface area contributed by atoms with Crippen LogP contribution in [0.1, 0.15) is 66.2 Å². The lowest BCUT2D eigenvalue weighted by molar-refractivity contribution is -0.128.